The highest BCUT2D eigenvalue weighted by atomic mass is 16.5. The first-order valence-corrected chi connectivity index (χ1v) is 6.68. The van der Waals surface area contributed by atoms with Crippen LogP contribution in [-0.2, 0) is 6.54 Å². The van der Waals surface area contributed by atoms with Crippen molar-refractivity contribution in [2.45, 2.75) is 40.7 Å². The van der Waals surface area contributed by atoms with Gasteiger partial charge >= 0.3 is 0 Å². The number of nitrogens with one attached hydrogen (secondary N) is 1. The summed E-state index contributed by atoms with van der Waals surface area (Å²) >= 11 is 0. The van der Waals surface area contributed by atoms with Crippen molar-refractivity contribution in [3.63, 3.8) is 0 Å². The summed E-state index contributed by atoms with van der Waals surface area (Å²) < 4.78 is 5.87. The Bertz CT molecular complexity index is 449. The second-order valence-electron chi connectivity index (χ2n) is 5.68. The number of rotatable bonds is 6. The monoisotopic (exact) mass is 260 g/mol. The van der Waals surface area contributed by atoms with Crippen LogP contribution in [0.3, 0.4) is 0 Å². The van der Waals surface area contributed by atoms with E-state index in [2.05, 4.69) is 37.4 Å². The van der Waals surface area contributed by atoms with E-state index in [-0.39, 0.29) is 5.41 Å². The molecule has 0 fully saturated rings. The molecule has 0 heterocycles. The maximum atomic E-state index is 8.98. The Kier molecular flexibility index (Phi) is 5.38. The molecule has 0 aromatic heterocycles. The fourth-order valence-electron chi connectivity index (χ4n) is 2.04. The van der Waals surface area contributed by atoms with Crippen LogP contribution in [0.15, 0.2) is 12.1 Å². The Hall–Kier alpha value is -1.53. The van der Waals surface area contributed by atoms with Crippen LogP contribution in [0.25, 0.3) is 0 Å². The van der Waals surface area contributed by atoms with Gasteiger partial charge in [0.2, 0.25) is 0 Å². The number of hydrogen-bond acceptors (Lipinski definition) is 3. The Morgan fingerprint density at radius 1 is 1.26 bits per heavy atom. The summed E-state index contributed by atoms with van der Waals surface area (Å²) in [6.07, 6.45) is 0.737. The summed E-state index contributed by atoms with van der Waals surface area (Å²) in [6.45, 7) is 9.45. The number of aryl methyl sites for hydroxylation is 2. The van der Waals surface area contributed by atoms with Crippen LogP contribution in [0.2, 0.25) is 0 Å². The molecule has 0 spiro atoms. The topological polar surface area (TPSA) is 45.0 Å². The first-order valence-electron chi connectivity index (χ1n) is 6.68. The summed E-state index contributed by atoms with van der Waals surface area (Å²) in [5, 5.41) is 12.1. The van der Waals surface area contributed by atoms with Crippen LogP contribution >= 0.6 is 0 Å². The van der Waals surface area contributed by atoms with E-state index in [0.29, 0.717) is 6.61 Å². The van der Waals surface area contributed by atoms with E-state index in [1.165, 1.54) is 5.56 Å². The van der Waals surface area contributed by atoms with Gasteiger partial charge in [-0.05, 0) is 57.9 Å². The third-order valence-electron chi connectivity index (χ3n) is 3.18. The molecule has 0 radical (unpaired) electrons. The molecule has 1 aromatic rings. The standard InChI is InChI=1S/C16H24N2O/c1-12-8-14(10-18-5)9-13(2)15(12)19-7-6-16(3,4)11-17/h8-9,18H,6-7,10H2,1-5H3. The molecule has 19 heavy (non-hydrogen) atoms. The van der Waals surface area contributed by atoms with E-state index >= 15 is 0 Å². The molecule has 3 heteroatoms. The summed E-state index contributed by atoms with van der Waals surface area (Å²) in [5.41, 5.74) is 3.25. The van der Waals surface area contributed by atoms with Crippen molar-refractivity contribution in [3.05, 3.63) is 28.8 Å². The van der Waals surface area contributed by atoms with Crippen molar-refractivity contribution < 1.29 is 4.74 Å². The van der Waals surface area contributed by atoms with Gasteiger partial charge in [0.25, 0.3) is 0 Å². The van der Waals surface area contributed by atoms with Gasteiger partial charge in [-0.15, -0.1) is 0 Å². The van der Waals surface area contributed by atoms with Gasteiger partial charge in [-0.3, -0.25) is 0 Å². The lowest BCUT2D eigenvalue weighted by molar-refractivity contribution is 0.261. The van der Waals surface area contributed by atoms with Crippen LogP contribution in [0.5, 0.6) is 5.75 Å². The number of ether oxygens (including phenoxy) is 1. The highest BCUT2D eigenvalue weighted by molar-refractivity contribution is 5.43. The first kappa shape index (κ1) is 15.5. The molecule has 1 aromatic carbocycles. The lowest BCUT2D eigenvalue weighted by Gasteiger charge is -2.18. The average molecular weight is 260 g/mol. The third-order valence-corrected chi connectivity index (χ3v) is 3.18. The fourth-order valence-corrected chi connectivity index (χ4v) is 2.04. The average Bonchev–Trinajstić information content (AvgIpc) is 2.33. The lowest BCUT2D eigenvalue weighted by atomic mass is 9.92. The Morgan fingerprint density at radius 2 is 1.84 bits per heavy atom. The normalized spacial score (nSPS) is 11.2. The lowest BCUT2D eigenvalue weighted by Crippen LogP contribution is -2.14. The summed E-state index contributed by atoms with van der Waals surface area (Å²) in [5.74, 6) is 0.952. The number of hydrogen-bond donors (Lipinski definition) is 1. The van der Waals surface area contributed by atoms with Crippen molar-refractivity contribution in [2.75, 3.05) is 13.7 Å². The molecule has 1 N–H and O–H groups in total. The Labute approximate surface area is 116 Å². The van der Waals surface area contributed by atoms with Gasteiger partial charge in [0.05, 0.1) is 18.1 Å². The van der Waals surface area contributed by atoms with Gasteiger partial charge in [0.1, 0.15) is 5.75 Å². The number of nitrogens with zero attached hydrogens (tertiary/aromatic N) is 1. The number of benzene rings is 1. The molecule has 1 rings (SSSR count). The zero-order chi connectivity index (χ0) is 14.5. The second kappa shape index (κ2) is 6.58. The second-order valence-corrected chi connectivity index (χ2v) is 5.68. The minimum Gasteiger partial charge on any atom is -0.493 e. The molecular weight excluding hydrogens is 236 g/mol. The van der Waals surface area contributed by atoms with Gasteiger partial charge in [-0.25, -0.2) is 0 Å². The van der Waals surface area contributed by atoms with E-state index in [1.807, 2.05) is 20.9 Å². The molecular formula is C16H24N2O. The molecule has 0 aliphatic rings. The minimum atomic E-state index is -0.326. The molecule has 104 valence electrons. The predicted octanol–water partition coefficient (Wildman–Crippen LogP) is 3.34. The molecule has 0 unspecified atom stereocenters. The van der Waals surface area contributed by atoms with Crippen LogP contribution in [-0.4, -0.2) is 13.7 Å². The molecule has 0 aliphatic carbocycles. The first-order chi connectivity index (χ1) is 8.89. The zero-order valence-electron chi connectivity index (χ0n) is 12.6. The van der Waals surface area contributed by atoms with Gasteiger partial charge in [-0.2, -0.15) is 5.26 Å². The Balaban J connectivity index is 2.72. The van der Waals surface area contributed by atoms with E-state index < -0.39 is 0 Å². The van der Waals surface area contributed by atoms with Crippen molar-refractivity contribution in [3.8, 4) is 11.8 Å². The van der Waals surface area contributed by atoms with E-state index in [9.17, 15) is 0 Å². The van der Waals surface area contributed by atoms with Crippen LogP contribution in [0.4, 0.5) is 0 Å². The fraction of sp³-hybridized carbons (Fsp3) is 0.562. The summed E-state index contributed by atoms with van der Waals surface area (Å²) in [7, 11) is 1.94. The van der Waals surface area contributed by atoms with Gasteiger partial charge in [-0.1, -0.05) is 12.1 Å². The van der Waals surface area contributed by atoms with Crippen LogP contribution < -0.4 is 10.1 Å². The molecule has 0 atom stereocenters. The maximum Gasteiger partial charge on any atom is 0.125 e. The van der Waals surface area contributed by atoms with Crippen molar-refractivity contribution >= 4 is 0 Å². The summed E-state index contributed by atoms with van der Waals surface area (Å²) in [4.78, 5) is 0. The third kappa shape index (κ3) is 4.57. The molecule has 3 nitrogen and oxygen atoms in total. The molecule has 0 saturated carbocycles. The van der Waals surface area contributed by atoms with Gasteiger partial charge < -0.3 is 10.1 Å². The predicted molar refractivity (Wildman–Crippen MR) is 78.2 cm³/mol. The van der Waals surface area contributed by atoms with E-state index in [1.54, 1.807) is 0 Å². The smallest absolute Gasteiger partial charge is 0.125 e. The van der Waals surface area contributed by atoms with E-state index in [0.717, 1.165) is 29.8 Å². The SMILES string of the molecule is CNCc1cc(C)c(OCCC(C)(C)C#N)c(C)c1. The van der Waals surface area contributed by atoms with Crippen LogP contribution in [0.1, 0.15) is 37.0 Å². The molecule has 0 saturated heterocycles. The van der Waals surface area contributed by atoms with E-state index in [4.69, 9.17) is 10.00 Å². The van der Waals surface area contributed by atoms with Crippen LogP contribution in [0, 0.1) is 30.6 Å². The quantitative estimate of drug-likeness (QED) is 0.853. The highest BCUT2D eigenvalue weighted by Gasteiger charge is 2.17. The largest absolute Gasteiger partial charge is 0.493 e. The van der Waals surface area contributed by atoms with Crippen molar-refractivity contribution in [2.24, 2.45) is 5.41 Å². The molecule has 0 bridgehead atoms. The molecule has 0 aliphatic heterocycles. The highest BCUT2D eigenvalue weighted by Crippen LogP contribution is 2.26. The molecule has 0 amide bonds. The Morgan fingerprint density at radius 3 is 2.32 bits per heavy atom. The van der Waals surface area contributed by atoms with Crippen molar-refractivity contribution in [1.29, 1.82) is 5.26 Å². The van der Waals surface area contributed by atoms with Gasteiger partial charge in [0, 0.05) is 6.54 Å². The van der Waals surface area contributed by atoms with Crippen molar-refractivity contribution in [1.82, 2.24) is 5.32 Å². The maximum absolute atomic E-state index is 8.98. The summed E-state index contributed by atoms with van der Waals surface area (Å²) in [6, 6.07) is 6.59. The number of nitriles is 1. The van der Waals surface area contributed by atoms with Gasteiger partial charge in [0.15, 0.2) is 0 Å². The minimum absolute atomic E-state index is 0.326. The zero-order valence-corrected chi connectivity index (χ0v) is 12.6.